The summed E-state index contributed by atoms with van der Waals surface area (Å²) in [5, 5.41) is 13.4. The van der Waals surface area contributed by atoms with Gasteiger partial charge in [0.2, 0.25) is 0 Å². The second kappa shape index (κ2) is 7.66. The van der Waals surface area contributed by atoms with E-state index in [-0.39, 0.29) is 11.6 Å². The van der Waals surface area contributed by atoms with Crippen molar-refractivity contribution in [3.8, 4) is 0 Å². The average molecular weight is 216 g/mol. The van der Waals surface area contributed by atoms with E-state index in [2.05, 4.69) is 10.6 Å². The van der Waals surface area contributed by atoms with E-state index in [9.17, 15) is 9.59 Å². The molecule has 0 radical (unpaired) electrons. The summed E-state index contributed by atoms with van der Waals surface area (Å²) >= 11 is 0. The molecule has 86 valence electrons. The zero-order valence-corrected chi connectivity index (χ0v) is 8.87. The first-order chi connectivity index (χ1) is 7.07. The topological polar surface area (TPSA) is 87.7 Å². The molecule has 1 heterocycles. The minimum Gasteiger partial charge on any atom is -0.501 e. The molecular formula is C9H16N2O4. The van der Waals surface area contributed by atoms with Crippen LogP contribution in [0, 0.1) is 0 Å². The van der Waals surface area contributed by atoms with Crippen LogP contribution in [0.2, 0.25) is 0 Å². The molecule has 0 unspecified atom stereocenters. The van der Waals surface area contributed by atoms with E-state index in [1.165, 1.54) is 13.2 Å². The highest BCUT2D eigenvalue weighted by molar-refractivity contribution is 5.85. The number of amides is 2. The number of carbonyl (C=O) groups excluding carboxylic acids is 1. The third-order valence-electron chi connectivity index (χ3n) is 1.46. The Balaban J connectivity index is 0.000000280. The smallest absolute Gasteiger partial charge is 0.334 e. The van der Waals surface area contributed by atoms with Crippen molar-refractivity contribution in [2.45, 2.75) is 13.8 Å². The Morgan fingerprint density at radius 3 is 2.33 bits per heavy atom. The molecule has 1 aliphatic heterocycles. The van der Waals surface area contributed by atoms with Gasteiger partial charge in [-0.05, 0) is 13.8 Å². The van der Waals surface area contributed by atoms with E-state index in [1.54, 1.807) is 6.92 Å². The van der Waals surface area contributed by atoms with Gasteiger partial charge < -0.3 is 20.5 Å². The van der Waals surface area contributed by atoms with Gasteiger partial charge in [0.05, 0.1) is 18.4 Å². The molecule has 6 heteroatoms. The summed E-state index contributed by atoms with van der Waals surface area (Å²) in [5.74, 6) is -0.941. The van der Waals surface area contributed by atoms with Crippen molar-refractivity contribution in [3.05, 3.63) is 11.8 Å². The lowest BCUT2D eigenvalue weighted by molar-refractivity contribution is -0.132. The molecule has 0 aromatic rings. The fraction of sp³-hybridized carbons (Fsp3) is 0.556. The number of urea groups is 1. The number of ether oxygens (including phenoxy) is 1. The van der Waals surface area contributed by atoms with Crippen LogP contribution >= 0.6 is 0 Å². The summed E-state index contributed by atoms with van der Waals surface area (Å²) in [6, 6.07) is -0.0463. The van der Waals surface area contributed by atoms with Crippen LogP contribution in [-0.2, 0) is 9.53 Å². The molecule has 1 saturated heterocycles. The van der Waals surface area contributed by atoms with Crippen LogP contribution in [0.1, 0.15) is 13.8 Å². The average Bonchev–Trinajstić information content (AvgIpc) is 2.66. The Morgan fingerprint density at radius 1 is 1.53 bits per heavy atom. The molecule has 0 spiro atoms. The molecule has 0 aromatic carbocycles. The fourth-order valence-electron chi connectivity index (χ4n) is 0.673. The van der Waals surface area contributed by atoms with Crippen molar-refractivity contribution < 1.29 is 19.4 Å². The van der Waals surface area contributed by atoms with Crippen molar-refractivity contribution in [2.75, 3.05) is 19.7 Å². The Bertz CT molecular complexity index is 242. The summed E-state index contributed by atoms with van der Waals surface area (Å²) in [6.07, 6.45) is 1.24. The van der Waals surface area contributed by atoms with Crippen molar-refractivity contribution in [3.63, 3.8) is 0 Å². The highest BCUT2D eigenvalue weighted by Crippen LogP contribution is 1.91. The third-order valence-corrected chi connectivity index (χ3v) is 1.46. The number of carbonyl (C=O) groups is 2. The van der Waals surface area contributed by atoms with E-state index in [0.717, 1.165) is 13.1 Å². The lowest BCUT2D eigenvalue weighted by Gasteiger charge is -1.93. The van der Waals surface area contributed by atoms with E-state index in [4.69, 9.17) is 9.84 Å². The molecule has 0 bridgehead atoms. The molecule has 2 amide bonds. The van der Waals surface area contributed by atoms with Crippen molar-refractivity contribution in [1.82, 2.24) is 10.6 Å². The quantitative estimate of drug-likeness (QED) is 0.468. The molecule has 3 N–H and O–H groups in total. The van der Waals surface area contributed by atoms with Crippen LogP contribution in [-0.4, -0.2) is 36.8 Å². The molecule has 0 atom stereocenters. The van der Waals surface area contributed by atoms with E-state index in [0.29, 0.717) is 6.61 Å². The predicted octanol–water partition coefficient (Wildman–Crippen LogP) is 0.311. The second-order valence-electron chi connectivity index (χ2n) is 2.74. The normalized spacial score (nSPS) is 14.5. The highest BCUT2D eigenvalue weighted by atomic mass is 16.5. The van der Waals surface area contributed by atoms with Gasteiger partial charge in [0.1, 0.15) is 0 Å². The minimum atomic E-state index is -0.941. The van der Waals surface area contributed by atoms with Gasteiger partial charge in [0.25, 0.3) is 0 Å². The second-order valence-corrected chi connectivity index (χ2v) is 2.74. The molecule has 6 nitrogen and oxygen atoms in total. The maximum atomic E-state index is 10.1. The Labute approximate surface area is 88.3 Å². The number of carboxylic acids is 1. The van der Waals surface area contributed by atoms with Crippen LogP contribution in [0.25, 0.3) is 0 Å². The summed E-state index contributed by atoms with van der Waals surface area (Å²) in [4.78, 5) is 20.1. The van der Waals surface area contributed by atoms with E-state index >= 15 is 0 Å². The summed E-state index contributed by atoms with van der Waals surface area (Å²) in [5.41, 5.74) is 0.219. The van der Waals surface area contributed by atoms with E-state index in [1.807, 2.05) is 0 Å². The first-order valence-electron chi connectivity index (χ1n) is 4.61. The lowest BCUT2D eigenvalue weighted by Crippen LogP contribution is -2.20. The highest BCUT2D eigenvalue weighted by Gasteiger charge is 2.03. The van der Waals surface area contributed by atoms with Gasteiger partial charge in [-0.25, -0.2) is 9.59 Å². The van der Waals surface area contributed by atoms with Crippen LogP contribution in [0.15, 0.2) is 11.8 Å². The first-order valence-corrected chi connectivity index (χ1v) is 4.61. The maximum absolute atomic E-state index is 10.1. The number of carboxylic acid groups (broad SMARTS) is 1. The van der Waals surface area contributed by atoms with Gasteiger partial charge in [0.15, 0.2) is 0 Å². The number of nitrogens with one attached hydrogen (secondary N) is 2. The van der Waals surface area contributed by atoms with Crippen LogP contribution in [0.5, 0.6) is 0 Å². The van der Waals surface area contributed by atoms with Gasteiger partial charge in [-0.2, -0.15) is 0 Å². The maximum Gasteiger partial charge on any atom is 0.334 e. The van der Waals surface area contributed by atoms with E-state index < -0.39 is 5.97 Å². The number of aliphatic carboxylic acids is 1. The number of hydrogen-bond donors (Lipinski definition) is 3. The zero-order valence-electron chi connectivity index (χ0n) is 8.87. The standard InChI is InChI=1S/C6H10O3.C3H6N2O/c1-3-9-4-5(2)6(7)8;6-3-4-1-2-5-3/h4H,3H2,1-2H3,(H,7,8);1-2H2,(H2,4,5,6). The van der Waals surface area contributed by atoms with Crippen molar-refractivity contribution in [1.29, 1.82) is 0 Å². The number of hydrogen-bond acceptors (Lipinski definition) is 3. The summed E-state index contributed by atoms with van der Waals surface area (Å²) in [7, 11) is 0. The zero-order chi connectivity index (χ0) is 11.7. The largest absolute Gasteiger partial charge is 0.501 e. The Morgan fingerprint density at radius 2 is 2.07 bits per heavy atom. The lowest BCUT2D eigenvalue weighted by atomic mass is 10.3. The molecule has 0 aliphatic carbocycles. The third kappa shape index (κ3) is 7.36. The summed E-state index contributed by atoms with van der Waals surface area (Å²) in [6.45, 7) is 5.34. The molecule has 1 aliphatic rings. The minimum absolute atomic E-state index is 0.0463. The van der Waals surface area contributed by atoms with Gasteiger partial charge >= 0.3 is 12.0 Å². The van der Waals surface area contributed by atoms with Crippen molar-refractivity contribution >= 4 is 12.0 Å². The molecule has 0 saturated carbocycles. The van der Waals surface area contributed by atoms with Crippen LogP contribution in [0.4, 0.5) is 4.79 Å². The van der Waals surface area contributed by atoms with Gasteiger partial charge in [-0.1, -0.05) is 0 Å². The molecule has 1 fully saturated rings. The molecule has 0 aromatic heterocycles. The molecule has 15 heavy (non-hydrogen) atoms. The monoisotopic (exact) mass is 216 g/mol. The van der Waals surface area contributed by atoms with Gasteiger partial charge in [-0.15, -0.1) is 0 Å². The molecular weight excluding hydrogens is 200 g/mol. The van der Waals surface area contributed by atoms with Gasteiger partial charge in [0, 0.05) is 13.1 Å². The van der Waals surface area contributed by atoms with Crippen LogP contribution < -0.4 is 10.6 Å². The Hall–Kier alpha value is -1.72. The SMILES string of the molecule is CCOC=C(C)C(=O)O.O=C1NCCN1. The Kier molecular flexibility index (Phi) is 6.78. The predicted molar refractivity (Wildman–Crippen MR) is 54.4 cm³/mol. The fourth-order valence-corrected chi connectivity index (χ4v) is 0.673. The van der Waals surface area contributed by atoms with Crippen molar-refractivity contribution in [2.24, 2.45) is 0 Å². The summed E-state index contributed by atoms with van der Waals surface area (Å²) < 4.78 is 4.71. The van der Waals surface area contributed by atoms with Gasteiger partial charge in [-0.3, -0.25) is 0 Å². The number of rotatable bonds is 3. The molecule has 1 rings (SSSR count). The first kappa shape index (κ1) is 13.3. The van der Waals surface area contributed by atoms with Crippen LogP contribution in [0.3, 0.4) is 0 Å².